The summed E-state index contributed by atoms with van der Waals surface area (Å²) in [7, 11) is 0. The van der Waals surface area contributed by atoms with Crippen molar-refractivity contribution >= 4 is 46.3 Å². The summed E-state index contributed by atoms with van der Waals surface area (Å²) in [5.41, 5.74) is 2.98. The fourth-order valence-corrected chi connectivity index (χ4v) is 2.97. The molecule has 2 heterocycles. The largest absolute Gasteiger partial charge is 0.338 e. The van der Waals surface area contributed by atoms with Crippen LogP contribution in [0, 0.1) is 0 Å². The molecule has 2 aromatic heterocycles. The lowest BCUT2D eigenvalue weighted by molar-refractivity contribution is 0.960. The number of hydrogen-bond donors (Lipinski definition) is 1. The first kappa shape index (κ1) is 18.1. The maximum Gasteiger partial charge on any atom is 0.160 e. The van der Waals surface area contributed by atoms with Gasteiger partial charge in [-0.2, -0.15) is 5.10 Å². The Morgan fingerprint density at radius 3 is 2.38 bits per heavy atom. The summed E-state index contributed by atoms with van der Waals surface area (Å²) in [5.74, 6) is 0.719. The van der Waals surface area contributed by atoms with E-state index in [1.165, 1.54) is 0 Å². The van der Waals surface area contributed by atoms with E-state index in [0.29, 0.717) is 11.4 Å². The van der Waals surface area contributed by atoms with Crippen LogP contribution in [0.4, 0.5) is 11.5 Å². The van der Waals surface area contributed by atoms with Crippen LogP contribution >= 0.6 is 24.0 Å². The fraction of sp³-hybridized carbons (Fsp3) is 0.0500. The van der Waals surface area contributed by atoms with Crippen molar-refractivity contribution in [3.05, 3.63) is 89.3 Å². The van der Waals surface area contributed by atoms with Crippen LogP contribution in [-0.2, 0) is 6.42 Å². The molecule has 0 unspecified atom stereocenters. The summed E-state index contributed by atoms with van der Waals surface area (Å²) < 4.78 is 0. The maximum atomic E-state index is 6.06. The van der Waals surface area contributed by atoms with Gasteiger partial charge >= 0.3 is 0 Å². The van der Waals surface area contributed by atoms with Gasteiger partial charge in [0.1, 0.15) is 0 Å². The van der Waals surface area contributed by atoms with Crippen LogP contribution in [0.15, 0.2) is 73.1 Å². The van der Waals surface area contributed by atoms with E-state index < -0.39 is 0 Å². The quantitative estimate of drug-likeness (QED) is 0.510. The molecule has 6 heteroatoms. The second kappa shape index (κ2) is 8.13. The van der Waals surface area contributed by atoms with Crippen molar-refractivity contribution in [3.8, 4) is 0 Å². The van der Waals surface area contributed by atoms with Gasteiger partial charge in [0.05, 0.1) is 5.69 Å². The van der Waals surface area contributed by atoms with Crippen molar-refractivity contribution in [2.24, 2.45) is 0 Å². The molecule has 0 atom stereocenters. The number of benzene rings is 2. The number of rotatable bonds is 4. The molecule has 4 aromatic rings. The van der Waals surface area contributed by atoms with Gasteiger partial charge in [0, 0.05) is 40.3 Å². The van der Waals surface area contributed by atoms with Gasteiger partial charge in [-0.25, -0.2) is 0 Å². The lowest BCUT2D eigenvalue weighted by atomic mass is 10.0. The first-order chi connectivity index (χ1) is 12.3. The smallest absolute Gasteiger partial charge is 0.160 e. The summed E-state index contributed by atoms with van der Waals surface area (Å²) in [5, 5.41) is 15.0. The first-order valence-corrected chi connectivity index (χ1v) is 8.33. The highest BCUT2D eigenvalue weighted by Crippen LogP contribution is 2.27. The number of halogens is 2. The van der Waals surface area contributed by atoms with E-state index >= 15 is 0 Å². The SMILES string of the molecule is Cl.Clc1cccc(Nc2nnc(Cc3ccncc3)c3ccccc23)c1. The predicted octanol–water partition coefficient (Wildman–Crippen LogP) is 5.43. The molecule has 1 N–H and O–H groups in total. The lowest BCUT2D eigenvalue weighted by Crippen LogP contribution is -2.02. The minimum atomic E-state index is 0. The van der Waals surface area contributed by atoms with Gasteiger partial charge in [0.25, 0.3) is 0 Å². The van der Waals surface area contributed by atoms with Gasteiger partial charge in [0.2, 0.25) is 0 Å². The Morgan fingerprint density at radius 1 is 0.846 bits per heavy atom. The second-order valence-electron chi connectivity index (χ2n) is 5.71. The molecule has 0 spiro atoms. The molecule has 0 aliphatic heterocycles. The van der Waals surface area contributed by atoms with Crippen LogP contribution in [0.3, 0.4) is 0 Å². The minimum absolute atomic E-state index is 0. The van der Waals surface area contributed by atoms with E-state index in [1.54, 1.807) is 12.4 Å². The molecule has 0 amide bonds. The molecule has 0 bridgehead atoms. The number of nitrogens with zero attached hydrogens (tertiary/aromatic N) is 3. The normalized spacial score (nSPS) is 10.3. The van der Waals surface area contributed by atoms with Gasteiger partial charge in [-0.3, -0.25) is 4.98 Å². The van der Waals surface area contributed by atoms with Crippen molar-refractivity contribution in [1.82, 2.24) is 15.2 Å². The van der Waals surface area contributed by atoms with Crippen LogP contribution < -0.4 is 5.32 Å². The monoisotopic (exact) mass is 382 g/mol. The second-order valence-corrected chi connectivity index (χ2v) is 6.14. The Hall–Kier alpha value is -2.69. The van der Waals surface area contributed by atoms with E-state index in [2.05, 4.69) is 26.6 Å². The fourth-order valence-electron chi connectivity index (χ4n) is 2.78. The summed E-state index contributed by atoms with van der Waals surface area (Å²) in [6, 6.07) is 19.7. The topological polar surface area (TPSA) is 50.7 Å². The molecule has 4 rings (SSSR count). The van der Waals surface area contributed by atoms with E-state index in [4.69, 9.17) is 11.6 Å². The Kier molecular flexibility index (Phi) is 5.66. The molecule has 0 aliphatic carbocycles. The standard InChI is InChI=1S/C20H15ClN4.ClH/c21-15-4-3-5-16(13-15)23-20-18-7-2-1-6-17(18)19(24-25-20)12-14-8-10-22-11-9-14;/h1-11,13H,12H2,(H,23,25);1H. The first-order valence-electron chi connectivity index (χ1n) is 7.95. The van der Waals surface area contributed by atoms with Crippen molar-refractivity contribution in [3.63, 3.8) is 0 Å². The zero-order valence-electron chi connectivity index (χ0n) is 13.8. The number of nitrogens with one attached hydrogen (secondary N) is 1. The molecule has 0 aliphatic rings. The third-order valence-corrected chi connectivity index (χ3v) is 4.21. The third-order valence-electron chi connectivity index (χ3n) is 3.97. The average molecular weight is 383 g/mol. The van der Waals surface area contributed by atoms with Crippen molar-refractivity contribution in [2.75, 3.05) is 5.32 Å². The van der Waals surface area contributed by atoms with E-state index in [1.807, 2.05) is 54.6 Å². The van der Waals surface area contributed by atoms with Gasteiger partial charge in [-0.15, -0.1) is 17.5 Å². The van der Waals surface area contributed by atoms with E-state index in [-0.39, 0.29) is 12.4 Å². The molecule has 26 heavy (non-hydrogen) atoms. The molecular formula is C20H16Cl2N4. The average Bonchev–Trinajstić information content (AvgIpc) is 2.65. The molecule has 0 fully saturated rings. The Bertz CT molecular complexity index is 1020. The van der Waals surface area contributed by atoms with Crippen LogP contribution in [0.2, 0.25) is 5.02 Å². The number of pyridine rings is 1. The minimum Gasteiger partial charge on any atom is -0.338 e. The molecule has 0 saturated carbocycles. The molecular weight excluding hydrogens is 367 g/mol. The summed E-state index contributed by atoms with van der Waals surface area (Å²) in [6.07, 6.45) is 4.30. The highest BCUT2D eigenvalue weighted by atomic mass is 35.5. The predicted molar refractivity (Wildman–Crippen MR) is 109 cm³/mol. The van der Waals surface area contributed by atoms with Gasteiger partial charge in [0.15, 0.2) is 5.82 Å². The molecule has 4 nitrogen and oxygen atoms in total. The van der Waals surface area contributed by atoms with Crippen molar-refractivity contribution < 1.29 is 0 Å². The van der Waals surface area contributed by atoms with Crippen LogP contribution in [-0.4, -0.2) is 15.2 Å². The molecule has 2 aromatic carbocycles. The molecule has 130 valence electrons. The Labute approximate surface area is 162 Å². The summed E-state index contributed by atoms with van der Waals surface area (Å²) in [6.45, 7) is 0. The highest BCUT2D eigenvalue weighted by molar-refractivity contribution is 6.30. The number of fused-ring (bicyclic) bond motifs is 1. The van der Waals surface area contributed by atoms with Crippen molar-refractivity contribution in [2.45, 2.75) is 6.42 Å². The van der Waals surface area contributed by atoms with Gasteiger partial charge in [-0.05, 0) is 35.9 Å². The van der Waals surface area contributed by atoms with Crippen LogP contribution in [0.1, 0.15) is 11.3 Å². The zero-order chi connectivity index (χ0) is 17.1. The zero-order valence-corrected chi connectivity index (χ0v) is 15.3. The van der Waals surface area contributed by atoms with Crippen molar-refractivity contribution in [1.29, 1.82) is 0 Å². The van der Waals surface area contributed by atoms with Gasteiger partial charge < -0.3 is 5.32 Å². The lowest BCUT2D eigenvalue weighted by Gasteiger charge is -2.11. The molecule has 0 saturated heterocycles. The van der Waals surface area contributed by atoms with E-state index in [9.17, 15) is 0 Å². The number of aromatic nitrogens is 3. The van der Waals surface area contributed by atoms with Crippen LogP contribution in [0.5, 0.6) is 0 Å². The van der Waals surface area contributed by atoms with Crippen LogP contribution in [0.25, 0.3) is 10.8 Å². The van der Waals surface area contributed by atoms with Gasteiger partial charge in [-0.1, -0.05) is 41.9 Å². The summed E-state index contributed by atoms with van der Waals surface area (Å²) in [4.78, 5) is 4.06. The third kappa shape index (κ3) is 3.93. The summed E-state index contributed by atoms with van der Waals surface area (Å²) >= 11 is 6.06. The molecule has 0 radical (unpaired) electrons. The number of anilines is 2. The van der Waals surface area contributed by atoms with E-state index in [0.717, 1.165) is 33.5 Å². The number of hydrogen-bond acceptors (Lipinski definition) is 4. The highest BCUT2D eigenvalue weighted by Gasteiger charge is 2.10. The Balaban J connectivity index is 0.00000196. The maximum absolute atomic E-state index is 6.06. The Morgan fingerprint density at radius 2 is 1.62 bits per heavy atom.